The van der Waals surface area contributed by atoms with Crippen LogP contribution in [0.5, 0.6) is 5.75 Å². The maximum absolute atomic E-state index is 14.9. The van der Waals surface area contributed by atoms with Crippen LogP contribution in [0.2, 0.25) is 0 Å². The van der Waals surface area contributed by atoms with Crippen LogP contribution in [0, 0.1) is 0 Å². The van der Waals surface area contributed by atoms with Crippen molar-refractivity contribution in [1.82, 2.24) is 29.9 Å². The Kier molecular flexibility index (Phi) is 4.72. The monoisotopic (exact) mass is 445 g/mol. The second-order valence-corrected chi connectivity index (χ2v) is 8.85. The molecular formula is C24H24FN7O. The van der Waals surface area contributed by atoms with Gasteiger partial charge >= 0.3 is 0 Å². The second kappa shape index (κ2) is 7.77. The molecule has 1 aromatic carbocycles. The van der Waals surface area contributed by atoms with Gasteiger partial charge in [0.2, 0.25) is 0 Å². The van der Waals surface area contributed by atoms with E-state index in [2.05, 4.69) is 25.4 Å². The number of phenols is 1. The van der Waals surface area contributed by atoms with E-state index in [1.807, 2.05) is 36.3 Å². The molecule has 8 nitrogen and oxygen atoms in total. The molecule has 0 spiro atoms. The quantitative estimate of drug-likeness (QED) is 0.498. The van der Waals surface area contributed by atoms with Gasteiger partial charge in [0.1, 0.15) is 17.7 Å². The van der Waals surface area contributed by atoms with Gasteiger partial charge in [0.15, 0.2) is 5.65 Å². The Morgan fingerprint density at radius 3 is 2.85 bits per heavy atom. The predicted octanol–water partition coefficient (Wildman–Crippen LogP) is 3.23. The third-order valence-electron chi connectivity index (χ3n) is 6.86. The lowest BCUT2D eigenvalue weighted by atomic mass is 9.96. The summed E-state index contributed by atoms with van der Waals surface area (Å²) in [6.45, 7) is 0. The topological polar surface area (TPSA) is 91.5 Å². The Morgan fingerprint density at radius 2 is 2.06 bits per heavy atom. The zero-order chi connectivity index (χ0) is 22.5. The van der Waals surface area contributed by atoms with Crippen molar-refractivity contribution in [2.45, 2.75) is 43.6 Å². The molecule has 2 unspecified atom stereocenters. The van der Waals surface area contributed by atoms with Crippen molar-refractivity contribution in [2.75, 3.05) is 11.9 Å². The lowest BCUT2D eigenvalue weighted by Gasteiger charge is -2.38. The second-order valence-electron chi connectivity index (χ2n) is 8.85. The molecule has 4 aromatic rings. The fourth-order valence-electron chi connectivity index (χ4n) is 5.04. The standard InChI is InChI=1S/C24H24FN7O/c1-31(20-10-15-5-7-17(29-15)24(20)25)23-12-26-18(11-27-23)16-6-4-14(9-21(16)33)19-13-32-22(30-19)3-2-8-28-32/h2-4,6,8-9,11-13,15,17,20,24,29,33H,5,7,10H2,1H3/t15?,17?,20-,24+/m0/s1. The van der Waals surface area contributed by atoms with Crippen LogP contribution in [0.1, 0.15) is 19.3 Å². The SMILES string of the molecule is CN(c1cnc(-c2ccc(-c3cn4ncccc4n3)cc2O)cn1)[C@H]1CC2CCC(N2)[C@H]1F. The fraction of sp³-hybridized carbons (Fsp3) is 0.333. The maximum atomic E-state index is 14.9. The van der Waals surface area contributed by atoms with E-state index in [1.165, 1.54) is 0 Å². The van der Waals surface area contributed by atoms with Crippen LogP contribution in [0.15, 0.2) is 55.1 Å². The molecule has 6 rings (SSSR count). The van der Waals surface area contributed by atoms with Gasteiger partial charge in [-0.1, -0.05) is 6.07 Å². The molecule has 33 heavy (non-hydrogen) atoms. The number of fused-ring (bicyclic) bond motifs is 3. The molecule has 4 atom stereocenters. The van der Waals surface area contributed by atoms with E-state index in [-0.39, 0.29) is 17.8 Å². The Hall–Kier alpha value is -3.59. The number of aromatic nitrogens is 5. The average Bonchev–Trinajstić information content (AvgIpc) is 3.46. The number of rotatable bonds is 4. The van der Waals surface area contributed by atoms with Gasteiger partial charge in [-0.3, -0.25) is 4.98 Å². The number of hydrogen-bond acceptors (Lipinski definition) is 7. The van der Waals surface area contributed by atoms with Crippen molar-refractivity contribution in [3.05, 3.63) is 55.1 Å². The van der Waals surface area contributed by atoms with E-state index in [4.69, 9.17) is 0 Å². The minimum Gasteiger partial charge on any atom is -0.507 e. The van der Waals surface area contributed by atoms with Crippen LogP contribution in [0.3, 0.4) is 0 Å². The number of anilines is 1. The Labute approximate surface area is 190 Å². The van der Waals surface area contributed by atoms with Gasteiger partial charge in [-0.25, -0.2) is 18.9 Å². The van der Waals surface area contributed by atoms with Gasteiger partial charge in [-0.05, 0) is 43.5 Å². The number of benzene rings is 1. The van der Waals surface area contributed by atoms with E-state index < -0.39 is 6.17 Å². The molecule has 0 saturated carbocycles. The summed E-state index contributed by atoms with van der Waals surface area (Å²) in [6.07, 6.45) is 8.54. The largest absolute Gasteiger partial charge is 0.507 e. The summed E-state index contributed by atoms with van der Waals surface area (Å²) in [7, 11) is 1.88. The van der Waals surface area contributed by atoms with Gasteiger partial charge in [0, 0.05) is 36.5 Å². The number of nitrogens with zero attached hydrogens (tertiary/aromatic N) is 6. The lowest BCUT2D eigenvalue weighted by Crippen LogP contribution is -2.55. The molecule has 5 heterocycles. The first-order valence-electron chi connectivity index (χ1n) is 11.2. The number of alkyl halides is 1. The Morgan fingerprint density at radius 1 is 1.15 bits per heavy atom. The van der Waals surface area contributed by atoms with E-state index in [0.717, 1.165) is 36.2 Å². The third-order valence-corrected chi connectivity index (χ3v) is 6.86. The summed E-state index contributed by atoms with van der Waals surface area (Å²) in [5.41, 5.74) is 3.36. The molecule has 2 fully saturated rings. The van der Waals surface area contributed by atoms with Crippen molar-refractivity contribution in [3.63, 3.8) is 0 Å². The minimum atomic E-state index is -0.929. The summed E-state index contributed by atoms with van der Waals surface area (Å²) in [4.78, 5) is 15.5. The maximum Gasteiger partial charge on any atom is 0.154 e. The molecule has 2 N–H and O–H groups in total. The minimum absolute atomic E-state index is 0.0671. The van der Waals surface area contributed by atoms with E-state index in [0.29, 0.717) is 23.1 Å². The van der Waals surface area contributed by atoms with E-state index >= 15 is 0 Å². The highest BCUT2D eigenvalue weighted by molar-refractivity contribution is 5.73. The normalized spacial score (nSPS) is 24.3. The zero-order valence-corrected chi connectivity index (χ0v) is 18.1. The van der Waals surface area contributed by atoms with Gasteiger partial charge in [0.05, 0.1) is 36.0 Å². The summed E-state index contributed by atoms with van der Waals surface area (Å²) in [5, 5.41) is 18.3. The molecule has 0 aliphatic carbocycles. The number of piperidine rings is 1. The molecule has 2 aliphatic rings. The first-order chi connectivity index (χ1) is 16.1. The molecule has 0 amide bonds. The molecule has 0 radical (unpaired) electrons. The van der Waals surface area contributed by atoms with Crippen molar-refractivity contribution >= 4 is 11.5 Å². The Bertz CT molecular complexity index is 1270. The van der Waals surface area contributed by atoms with Crippen LogP contribution in [-0.4, -0.2) is 61.0 Å². The highest BCUT2D eigenvalue weighted by Gasteiger charge is 2.43. The molecule has 9 heteroatoms. The van der Waals surface area contributed by atoms with E-state index in [9.17, 15) is 9.50 Å². The van der Waals surface area contributed by atoms with Crippen molar-refractivity contribution in [1.29, 1.82) is 0 Å². The lowest BCUT2D eigenvalue weighted by molar-refractivity contribution is 0.176. The number of phenolic OH excluding ortho intramolecular Hbond substituents is 1. The van der Waals surface area contributed by atoms with Crippen LogP contribution < -0.4 is 10.2 Å². The number of imidazole rings is 1. The smallest absolute Gasteiger partial charge is 0.154 e. The molecule has 2 saturated heterocycles. The van der Waals surface area contributed by atoms with Crippen LogP contribution in [-0.2, 0) is 0 Å². The number of hydrogen-bond donors (Lipinski definition) is 2. The number of aromatic hydroxyl groups is 1. The summed E-state index contributed by atoms with van der Waals surface area (Å²) >= 11 is 0. The van der Waals surface area contributed by atoms with Gasteiger partial charge in [-0.2, -0.15) is 5.10 Å². The fourth-order valence-corrected chi connectivity index (χ4v) is 5.04. The van der Waals surface area contributed by atoms with Crippen LogP contribution in [0.4, 0.5) is 10.2 Å². The first-order valence-corrected chi connectivity index (χ1v) is 11.2. The third kappa shape index (κ3) is 3.48. The predicted molar refractivity (Wildman–Crippen MR) is 123 cm³/mol. The van der Waals surface area contributed by atoms with Crippen molar-refractivity contribution in [3.8, 4) is 28.3 Å². The summed E-state index contributed by atoms with van der Waals surface area (Å²) in [6, 6.07) is 9.15. The van der Waals surface area contributed by atoms with Crippen molar-refractivity contribution in [2.24, 2.45) is 0 Å². The van der Waals surface area contributed by atoms with Gasteiger partial charge < -0.3 is 15.3 Å². The number of halogens is 1. The Balaban J connectivity index is 1.23. The summed E-state index contributed by atoms with van der Waals surface area (Å²) < 4.78 is 16.6. The molecule has 2 bridgehead atoms. The average molecular weight is 446 g/mol. The molecule has 3 aromatic heterocycles. The van der Waals surface area contributed by atoms with E-state index in [1.54, 1.807) is 35.2 Å². The van der Waals surface area contributed by atoms with Crippen molar-refractivity contribution < 1.29 is 9.50 Å². The van der Waals surface area contributed by atoms with Gasteiger partial charge in [0.25, 0.3) is 0 Å². The van der Waals surface area contributed by atoms with Gasteiger partial charge in [-0.15, -0.1) is 0 Å². The molecular weight excluding hydrogens is 421 g/mol. The summed E-state index contributed by atoms with van der Waals surface area (Å²) in [5.74, 6) is 0.715. The highest BCUT2D eigenvalue weighted by atomic mass is 19.1. The van der Waals surface area contributed by atoms with Crippen LogP contribution in [0.25, 0.3) is 28.2 Å². The molecule has 2 aliphatic heterocycles. The van der Waals surface area contributed by atoms with Crippen LogP contribution >= 0.6 is 0 Å². The first kappa shape index (κ1) is 20.0. The highest BCUT2D eigenvalue weighted by Crippen LogP contribution is 2.35. The molecule has 168 valence electrons. The number of nitrogens with one attached hydrogen (secondary N) is 1. The zero-order valence-electron chi connectivity index (χ0n) is 18.1.